The van der Waals surface area contributed by atoms with Gasteiger partial charge in [-0.2, -0.15) is 133 Å². The van der Waals surface area contributed by atoms with Crippen LogP contribution in [0.3, 0.4) is 0 Å². The molecule has 0 nitrogen and oxygen atoms in total. The quantitative estimate of drug-likeness (QED) is 0.0560. The van der Waals surface area contributed by atoms with Crippen LogP contribution >= 0.6 is 133 Å². The van der Waals surface area contributed by atoms with Crippen LogP contribution in [-0.2, 0) is 0 Å². The standard InChI is InChI=1S/C23H48S11/c1-19(24)11-28-5-8-31-15-23(18-34-14-22(4)27,16-32-9-6-29-12-20(2)25)17-33-10-7-30-13-21(3)26/h19-22,24-27H,5-18H2,1-4H3. The van der Waals surface area contributed by atoms with Gasteiger partial charge in [-0.3, -0.25) is 0 Å². The molecule has 0 N–H and O–H groups in total. The Morgan fingerprint density at radius 1 is 0.412 bits per heavy atom. The largest absolute Gasteiger partial charge is 0.175 e. The normalized spacial score (nSPS) is 17.3. The van der Waals surface area contributed by atoms with Gasteiger partial charge in [-0.15, -0.1) is 0 Å². The van der Waals surface area contributed by atoms with Crippen molar-refractivity contribution in [2.45, 2.75) is 48.7 Å². The zero-order valence-corrected chi connectivity index (χ0v) is 30.6. The first-order valence-electron chi connectivity index (χ1n) is 11.9. The minimum Gasteiger partial charge on any atom is -0.175 e. The predicted octanol–water partition coefficient (Wildman–Crippen LogP) is 8.38. The first kappa shape index (κ1) is 37.9. The predicted molar refractivity (Wildman–Crippen MR) is 197 cm³/mol. The average Bonchev–Trinajstić information content (AvgIpc) is 2.74. The number of thioether (sulfide) groups is 7. The zero-order valence-electron chi connectivity index (χ0n) is 21.4. The van der Waals surface area contributed by atoms with Crippen molar-refractivity contribution >= 4 is 133 Å². The van der Waals surface area contributed by atoms with Crippen LogP contribution in [0.25, 0.3) is 0 Å². The van der Waals surface area contributed by atoms with Crippen LogP contribution in [0.1, 0.15) is 27.7 Å². The molecular formula is C23H48S11. The fourth-order valence-corrected chi connectivity index (χ4v) is 12.9. The van der Waals surface area contributed by atoms with E-state index in [1.54, 1.807) is 0 Å². The van der Waals surface area contributed by atoms with Gasteiger partial charge in [0, 0.05) is 107 Å². The molecule has 0 radical (unpaired) electrons. The van der Waals surface area contributed by atoms with Gasteiger partial charge in [-0.25, -0.2) is 0 Å². The molecule has 0 heterocycles. The van der Waals surface area contributed by atoms with Crippen molar-refractivity contribution in [2.24, 2.45) is 5.41 Å². The van der Waals surface area contributed by atoms with E-state index in [4.69, 9.17) is 0 Å². The third-order valence-corrected chi connectivity index (χ3v) is 15.8. The summed E-state index contributed by atoms with van der Waals surface area (Å²) < 4.78 is 0. The average molecular weight is 677 g/mol. The van der Waals surface area contributed by atoms with Crippen LogP contribution in [-0.4, -0.2) is 102 Å². The van der Waals surface area contributed by atoms with Crippen molar-refractivity contribution in [1.82, 2.24) is 0 Å². The molecule has 0 amide bonds. The van der Waals surface area contributed by atoms with Gasteiger partial charge in [-0.1, -0.05) is 27.7 Å². The van der Waals surface area contributed by atoms with E-state index in [1.807, 2.05) is 0 Å². The Morgan fingerprint density at radius 2 is 0.647 bits per heavy atom. The lowest BCUT2D eigenvalue weighted by atomic mass is 9.99. The Labute approximate surface area is 264 Å². The van der Waals surface area contributed by atoms with Crippen LogP contribution in [0.2, 0.25) is 0 Å². The van der Waals surface area contributed by atoms with Gasteiger partial charge in [0.25, 0.3) is 0 Å². The molecule has 0 aliphatic rings. The summed E-state index contributed by atoms with van der Waals surface area (Å²) in [6.07, 6.45) is 0. The summed E-state index contributed by atoms with van der Waals surface area (Å²) in [5, 5.41) is 1.95. The van der Waals surface area contributed by atoms with Crippen molar-refractivity contribution in [3.8, 4) is 0 Å². The lowest BCUT2D eigenvalue weighted by Gasteiger charge is -2.33. The van der Waals surface area contributed by atoms with E-state index in [0.29, 0.717) is 26.4 Å². The van der Waals surface area contributed by atoms with Crippen molar-refractivity contribution in [3.05, 3.63) is 0 Å². The topological polar surface area (TPSA) is 0 Å². The highest BCUT2D eigenvalue weighted by Crippen LogP contribution is 2.36. The summed E-state index contributed by atoms with van der Waals surface area (Å²) in [5.74, 6) is 17.2. The van der Waals surface area contributed by atoms with Gasteiger partial charge < -0.3 is 0 Å². The molecule has 11 heteroatoms. The first-order chi connectivity index (χ1) is 16.2. The van der Waals surface area contributed by atoms with Crippen LogP contribution in [0.4, 0.5) is 0 Å². The smallest absolute Gasteiger partial charge is 0.00791 e. The number of hydrogen-bond acceptors (Lipinski definition) is 11. The third kappa shape index (κ3) is 26.1. The van der Waals surface area contributed by atoms with Gasteiger partial charge in [0.05, 0.1) is 0 Å². The molecular weight excluding hydrogens is 629 g/mol. The number of hydrogen-bond donors (Lipinski definition) is 4. The summed E-state index contributed by atoms with van der Waals surface area (Å²) in [4.78, 5) is 0. The van der Waals surface area contributed by atoms with E-state index in [9.17, 15) is 0 Å². The second-order valence-corrected chi connectivity index (χ2v) is 20.1. The van der Waals surface area contributed by atoms with E-state index in [0.717, 1.165) is 23.0 Å². The molecule has 34 heavy (non-hydrogen) atoms. The highest BCUT2D eigenvalue weighted by Gasteiger charge is 2.30. The highest BCUT2D eigenvalue weighted by atomic mass is 32.2. The molecule has 0 aliphatic carbocycles. The summed E-state index contributed by atoms with van der Waals surface area (Å²) in [5.41, 5.74) is 0.401. The fraction of sp³-hybridized carbons (Fsp3) is 1.00. The van der Waals surface area contributed by atoms with E-state index < -0.39 is 0 Å². The molecule has 0 aromatic carbocycles. The molecule has 0 saturated heterocycles. The summed E-state index contributed by atoms with van der Waals surface area (Å²) in [6, 6.07) is 0. The molecule has 0 fully saturated rings. The molecule has 4 atom stereocenters. The van der Waals surface area contributed by atoms with Crippen LogP contribution in [0.15, 0.2) is 0 Å². The first-order valence-corrected chi connectivity index (χ1v) is 22.1. The zero-order chi connectivity index (χ0) is 25.7. The maximum absolute atomic E-state index is 4.64. The van der Waals surface area contributed by atoms with Crippen molar-refractivity contribution in [2.75, 3.05) is 80.5 Å². The summed E-state index contributed by atoms with van der Waals surface area (Å²) >= 11 is 33.0. The van der Waals surface area contributed by atoms with E-state index in [-0.39, 0.29) is 0 Å². The summed E-state index contributed by atoms with van der Waals surface area (Å²) in [7, 11) is 0. The van der Waals surface area contributed by atoms with Gasteiger partial charge in [0.2, 0.25) is 0 Å². The molecule has 206 valence electrons. The Hall–Kier alpha value is 3.85. The van der Waals surface area contributed by atoms with Gasteiger partial charge in [0.1, 0.15) is 0 Å². The minimum absolute atomic E-state index is 0.401. The van der Waals surface area contributed by atoms with Crippen molar-refractivity contribution in [1.29, 1.82) is 0 Å². The third-order valence-electron chi connectivity index (χ3n) is 4.19. The van der Waals surface area contributed by atoms with Gasteiger partial charge >= 0.3 is 0 Å². The molecule has 0 saturated carbocycles. The monoisotopic (exact) mass is 676 g/mol. The Bertz CT molecular complexity index is 383. The number of rotatable bonds is 25. The van der Waals surface area contributed by atoms with Crippen LogP contribution in [0.5, 0.6) is 0 Å². The fourth-order valence-electron chi connectivity index (χ4n) is 2.68. The van der Waals surface area contributed by atoms with Crippen molar-refractivity contribution in [3.63, 3.8) is 0 Å². The van der Waals surface area contributed by atoms with Crippen LogP contribution in [0, 0.1) is 5.41 Å². The van der Waals surface area contributed by atoms with E-state index >= 15 is 0 Å². The SMILES string of the molecule is CC(S)CSCCSCC(CSCCSCC(C)S)(CSCCSCC(C)S)CSCC(C)S. The Kier molecular flexibility index (Phi) is 28.7. The second kappa shape index (κ2) is 25.8. The number of thiol groups is 4. The molecule has 0 rings (SSSR count). The van der Waals surface area contributed by atoms with E-state index in [2.05, 4.69) is 161 Å². The van der Waals surface area contributed by atoms with Crippen LogP contribution < -0.4 is 0 Å². The highest BCUT2D eigenvalue weighted by molar-refractivity contribution is 8.05. The van der Waals surface area contributed by atoms with Crippen molar-refractivity contribution < 1.29 is 0 Å². The Balaban J connectivity index is 4.81. The van der Waals surface area contributed by atoms with Gasteiger partial charge in [0.15, 0.2) is 0 Å². The minimum atomic E-state index is 0.401. The molecule has 0 aliphatic heterocycles. The molecule has 0 aromatic rings. The Morgan fingerprint density at radius 3 is 0.941 bits per heavy atom. The summed E-state index contributed by atoms with van der Waals surface area (Å²) in [6.45, 7) is 8.78. The lowest BCUT2D eigenvalue weighted by molar-refractivity contribution is 0.516. The molecule has 0 aromatic heterocycles. The maximum Gasteiger partial charge on any atom is 0.00791 e. The molecule has 4 unspecified atom stereocenters. The molecule has 0 spiro atoms. The molecule has 0 bridgehead atoms. The lowest BCUT2D eigenvalue weighted by Crippen LogP contribution is -2.34. The van der Waals surface area contributed by atoms with Gasteiger partial charge in [-0.05, 0) is 0 Å². The maximum atomic E-state index is 4.64. The second-order valence-electron chi connectivity index (χ2n) is 8.79. The van der Waals surface area contributed by atoms with E-state index in [1.165, 1.54) is 57.5 Å².